The molecule has 100 valence electrons. The monoisotopic (exact) mass is 269 g/mol. The molecule has 0 amide bonds. The number of nitrogens with one attached hydrogen (secondary N) is 1. The highest BCUT2D eigenvalue weighted by molar-refractivity contribution is 7.89. The fourth-order valence-corrected chi connectivity index (χ4v) is 3.13. The van der Waals surface area contributed by atoms with Gasteiger partial charge in [0.1, 0.15) is 5.75 Å². The predicted molar refractivity (Wildman–Crippen MR) is 70.3 cm³/mol. The van der Waals surface area contributed by atoms with Crippen molar-refractivity contribution in [1.82, 2.24) is 4.72 Å². The van der Waals surface area contributed by atoms with Gasteiger partial charge in [-0.25, -0.2) is 13.1 Å². The summed E-state index contributed by atoms with van der Waals surface area (Å²) in [5.41, 5.74) is 0.980. The average Bonchev–Trinajstić information content (AvgIpc) is 2.36. The van der Waals surface area contributed by atoms with E-state index in [0.717, 1.165) is 24.2 Å². The molecule has 0 aromatic heterocycles. The Morgan fingerprint density at radius 1 is 1.39 bits per heavy atom. The van der Waals surface area contributed by atoms with Crippen molar-refractivity contribution in [3.63, 3.8) is 0 Å². The minimum Gasteiger partial charge on any atom is -0.493 e. The first-order valence-electron chi connectivity index (χ1n) is 6.24. The Bertz CT molecular complexity index is 523. The van der Waals surface area contributed by atoms with E-state index in [1.54, 1.807) is 18.2 Å². The molecule has 1 aromatic carbocycles. The van der Waals surface area contributed by atoms with Crippen molar-refractivity contribution in [2.75, 3.05) is 13.2 Å². The van der Waals surface area contributed by atoms with Crippen molar-refractivity contribution in [2.24, 2.45) is 5.92 Å². The van der Waals surface area contributed by atoms with Crippen LogP contribution in [-0.2, 0) is 16.4 Å². The molecule has 0 atom stereocenters. The second kappa shape index (κ2) is 5.28. The van der Waals surface area contributed by atoms with E-state index in [4.69, 9.17) is 4.74 Å². The first-order valence-corrected chi connectivity index (χ1v) is 7.73. The van der Waals surface area contributed by atoms with Crippen LogP contribution in [0.1, 0.15) is 25.8 Å². The minimum absolute atomic E-state index is 0.292. The average molecular weight is 269 g/mol. The number of hydrogen-bond donors (Lipinski definition) is 1. The third-order valence-corrected chi connectivity index (χ3v) is 4.29. The molecule has 0 unspecified atom stereocenters. The number of aryl methyl sites for hydroxylation is 1. The molecule has 0 aliphatic carbocycles. The van der Waals surface area contributed by atoms with Crippen molar-refractivity contribution in [3.8, 4) is 5.75 Å². The van der Waals surface area contributed by atoms with Gasteiger partial charge in [0.05, 0.1) is 11.5 Å². The second-order valence-corrected chi connectivity index (χ2v) is 6.73. The fourth-order valence-electron chi connectivity index (χ4n) is 1.86. The summed E-state index contributed by atoms with van der Waals surface area (Å²) in [6.45, 7) is 5.12. The van der Waals surface area contributed by atoms with Crippen molar-refractivity contribution in [2.45, 2.75) is 31.6 Å². The predicted octanol–water partition coefficient (Wildman–Crippen LogP) is 1.95. The lowest BCUT2D eigenvalue weighted by atomic mass is 10.1. The Labute approximate surface area is 108 Å². The summed E-state index contributed by atoms with van der Waals surface area (Å²) in [7, 11) is -3.39. The molecule has 2 rings (SSSR count). The van der Waals surface area contributed by atoms with E-state index in [2.05, 4.69) is 4.72 Å². The van der Waals surface area contributed by atoms with Crippen LogP contribution in [0.5, 0.6) is 5.75 Å². The molecule has 0 bridgehead atoms. The number of ether oxygens (including phenoxy) is 1. The second-order valence-electron chi connectivity index (χ2n) is 4.97. The molecule has 1 aliphatic rings. The number of hydrogen-bond acceptors (Lipinski definition) is 3. The van der Waals surface area contributed by atoms with Crippen LogP contribution >= 0.6 is 0 Å². The van der Waals surface area contributed by atoms with Gasteiger partial charge in [-0.1, -0.05) is 13.8 Å². The SMILES string of the molecule is CC(C)CNS(=O)(=O)c1ccc2c(c1)CCCO2. The van der Waals surface area contributed by atoms with Gasteiger partial charge < -0.3 is 4.74 Å². The molecule has 4 nitrogen and oxygen atoms in total. The Hall–Kier alpha value is -1.07. The van der Waals surface area contributed by atoms with Crippen molar-refractivity contribution in [3.05, 3.63) is 23.8 Å². The maximum absolute atomic E-state index is 12.1. The molecule has 0 saturated heterocycles. The van der Waals surface area contributed by atoms with Gasteiger partial charge in [-0.2, -0.15) is 0 Å². The third-order valence-electron chi connectivity index (χ3n) is 2.87. The van der Waals surface area contributed by atoms with E-state index < -0.39 is 10.0 Å². The van der Waals surface area contributed by atoms with Crippen LogP contribution in [0.15, 0.2) is 23.1 Å². The zero-order valence-electron chi connectivity index (χ0n) is 10.8. The van der Waals surface area contributed by atoms with Crippen LogP contribution in [0.2, 0.25) is 0 Å². The van der Waals surface area contributed by atoms with Gasteiger partial charge in [0, 0.05) is 6.54 Å². The van der Waals surface area contributed by atoms with Crippen molar-refractivity contribution < 1.29 is 13.2 Å². The van der Waals surface area contributed by atoms with Gasteiger partial charge in [0.2, 0.25) is 10.0 Å². The smallest absolute Gasteiger partial charge is 0.240 e. The summed E-state index contributed by atoms with van der Waals surface area (Å²) >= 11 is 0. The van der Waals surface area contributed by atoms with Crippen molar-refractivity contribution >= 4 is 10.0 Å². The zero-order chi connectivity index (χ0) is 13.2. The lowest BCUT2D eigenvalue weighted by Gasteiger charge is -2.18. The molecule has 1 aliphatic heterocycles. The molecule has 0 saturated carbocycles. The summed E-state index contributed by atoms with van der Waals surface area (Å²) in [6, 6.07) is 5.07. The van der Waals surface area contributed by atoms with E-state index in [1.807, 2.05) is 13.8 Å². The third kappa shape index (κ3) is 3.03. The van der Waals surface area contributed by atoms with E-state index in [0.29, 0.717) is 24.0 Å². The number of fused-ring (bicyclic) bond motifs is 1. The molecule has 1 N–H and O–H groups in total. The maximum atomic E-state index is 12.1. The lowest BCUT2D eigenvalue weighted by Crippen LogP contribution is -2.27. The highest BCUT2D eigenvalue weighted by atomic mass is 32.2. The summed E-state index contributed by atoms with van der Waals surface area (Å²) in [6.07, 6.45) is 1.82. The van der Waals surface area contributed by atoms with Crippen LogP contribution < -0.4 is 9.46 Å². The van der Waals surface area contributed by atoms with Gasteiger partial charge >= 0.3 is 0 Å². The topological polar surface area (TPSA) is 55.4 Å². The Morgan fingerprint density at radius 3 is 2.89 bits per heavy atom. The molecule has 0 spiro atoms. The highest BCUT2D eigenvalue weighted by Gasteiger charge is 2.18. The first-order chi connectivity index (χ1) is 8.49. The minimum atomic E-state index is -3.39. The van der Waals surface area contributed by atoms with Crippen LogP contribution in [0.25, 0.3) is 0 Å². The van der Waals surface area contributed by atoms with Gasteiger partial charge in [0.25, 0.3) is 0 Å². The molecule has 18 heavy (non-hydrogen) atoms. The normalized spacial score (nSPS) is 15.3. The Kier molecular flexibility index (Phi) is 3.92. The number of sulfonamides is 1. The molecule has 0 fully saturated rings. The summed E-state index contributed by atoms with van der Waals surface area (Å²) in [5, 5.41) is 0. The lowest BCUT2D eigenvalue weighted by molar-refractivity contribution is 0.288. The summed E-state index contributed by atoms with van der Waals surface area (Å²) in [5.74, 6) is 1.10. The van der Waals surface area contributed by atoms with E-state index in [-0.39, 0.29) is 0 Å². The molecule has 0 radical (unpaired) electrons. The Balaban J connectivity index is 2.22. The van der Waals surface area contributed by atoms with Gasteiger partial charge in [-0.15, -0.1) is 0 Å². The van der Waals surface area contributed by atoms with E-state index in [9.17, 15) is 8.42 Å². The molecule has 1 aromatic rings. The van der Waals surface area contributed by atoms with Gasteiger partial charge in [-0.3, -0.25) is 0 Å². The molecule has 5 heteroatoms. The standard InChI is InChI=1S/C13H19NO3S/c1-10(2)9-14-18(15,16)12-5-6-13-11(8-12)4-3-7-17-13/h5-6,8,10,14H,3-4,7,9H2,1-2H3. The first kappa shape index (κ1) is 13.4. The largest absolute Gasteiger partial charge is 0.493 e. The highest BCUT2D eigenvalue weighted by Crippen LogP contribution is 2.27. The van der Waals surface area contributed by atoms with E-state index in [1.165, 1.54) is 0 Å². The van der Waals surface area contributed by atoms with E-state index >= 15 is 0 Å². The van der Waals surface area contributed by atoms with Crippen LogP contribution in [0.4, 0.5) is 0 Å². The van der Waals surface area contributed by atoms with Gasteiger partial charge in [-0.05, 0) is 42.5 Å². The van der Waals surface area contributed by atoms with Gasteiger partial charge in [0.15, 0.2) is 0 Å². The van der Waals surface area contributed by atoms with Crippen LogP contribution in [0, 0.1) is 5.92 Å². The summed E-state index contributed by atoms with van der Waals surface area (Å²) in [4.78, 5) is 0.326. The summed E-state index contributed by atoms with van der Waals surface area (Å²) < 4.78 is 32.2. The number of rotatable bonds is 4. The fraction of sp³-hybridized carbons (Fsp3) is 0.538. The van der Waals surface area contributed by atoms with Crippen molar-refractivity contribution in [1.29, 1.82) is 0 Å². The quantitative estimate of drug-likeness (QED) is 0.909. The zero-order valence-corrected chi connectivity index (χ0v) is 11.6. The molecular formula is C13H19NO3S. The maximum Gasteiger partial charge on any atom is 0.240 e. The Morgan fingerprint density at radius 2 is 2.17 bits per heavy atom. The number of benzene rings is 1. The van der Waals surface area contributed by atoms with Crippen LogP contribution in [0.3, 0.4) is 0 Å². The molecule has 1 heterocycles. The van der Waals surface area contributed by atoms with Crippen LogP contribution in [-0.4, -0.2) is 21.6 Å². The molecular weight excluding hydrogens is 250 g/mol.